The van der Waals surface area contributed by atoms with Crippen LogP contribution in [0.15, 0.2) is 59.7 Å². The van der Waals surface area contributed by atoms with Gasteiger partial charge in [0.15, 0.2) is 0 Å². The molecule has 0 radical (unpaired) electrons. The lowest BCUT2D eigenvalue weighted by molar-refractivity contribution is -0.304. The third kappa shape index (κ3) is 2.54. The van der Waals surface area contributed by atoms with E-state index in [1.807, 2.05) is 0 Å². The molecule has 28 heavy (non-hydrogen) atoms. The number of hydrogen-bond acceptors (Lipinski definition) is 2. The predicted molar refractivity (Wildman–Crippen MR) is 92.9 cm³/mol. The zero-order valence-corrected chi connectivity index (χ0v) is 14.6. The molecule has 0 bridgehead atoms. The molecular weight excluding hydrogens is 406 g/mol. The summed E-state index contributed by atoms with van der Waals surface area (Å²) in [6, 6.07) is 9.06. The monoisotopic (exact) mass is 416 g/mol. The molecule has 146 valence electrons. The molecule has 2 aliphatic heterocycles. The van der Waals surface area contributed by atoms with Crippen LogP contribution in [0.1, 0.15) is 22.7 Å². The second-order valence-corrected chi connectivity index (χ2v) is 6.90. The average molecular weight is 417 g/mol. The second-order valence-electron chi connectivity index (χ2n) is 6.46. The smallest absolute Gasteiger partial charge is 0.322 e. The zero-order valence-electron chi connectivity index (χ0n) is 13.9. The highest BCUT2D eigenvalue weighted by atomic mass is 35.5. The van der Waals surface area contributed by atoms with Crippen molar-refractivity contribution in [1.82, 2.24) is 4.90 Å². The minimum atomic E-state index is -5.67. The maximum Gasteiger partial charge on any atom is 0.425 e. The van der Waals surface area contributed by atoms with Crippen molar-refractivity contribution < 1.29 is 26.3 Å². The second kappa shape index (κ2) is 6.01. The largest absolute Gasteiger partial charge is 0.425 e. The summed E-state index contributed by atoms with van der Waals surface area (Å²) in [7, 11) is 0. The summed E-state index contributed by atoms with van der Waals surface area (Å²) >= 11 is 5.80. The summed E-state index contributed by atoms with van der Waals surface area (Å²) in [6.45, 7) is 0. The summed E-state index contributed by atoms with van der Waals surface area (Å²) in [5.41, 5.74) is -3.99. The molecular formula is C19H11ClF6N2. The number of nitrogens with zero attached hydrogens (tertiary/aromatic N) is 2. The molecule has 1 atom stereocenters. The molecule has 2 heterocycles. The van der Waals surface area contributed by atoms with E-state index in [1.54, 1.807) is 6.07 Å². The summed E-state index contributed by atoms with van der Waals surface area (Å²) in [5, 5.41) is 0.302. The molecule has 9 heteroatoms. The topological polar surface area (TPSA) is 15.6 Å². The fourth-order valence-electron chi connectivity index (χ4n) is 3.62. The number of alkyl halides is 6. The van der Waals surface area contributed by atoms with Crippen LogP contribution in [0.25, 0.3) is 6.08 Å². The first-order chi connectivity index (χ1) is 13.1. The Hall–Kier alpha value is -2.48. The number of aliphatic imine (C=N–C) groups is 1. The highest BCUT2D eigenvalue weighted by Crippen LogP contribution is 2.59. The van der Waals surface area contributed by atoms with E-state index in [4.69, 9.17) is 11.6 Å². The van der Waals surface area contributed by atoms with Gasteiger partial charge >= 0.3 is 12.4 Å². The Bertz CT molecular complexity index is 961. The minimum absolute atomic E-state index is 0.0904. The van der Waals surface area contributed by atoms with Gasteiger partial charge in [0, 0.05) is 16.8 Å². The normalized spacial score (nSPS) is 20.6. The van der Waals surface area contributed by atoms with Gasteiger partial charge in [0.1, 0.15) is 11.9 Å². The standard InChI is InChI=1S/C19H11ClF6N2/c20-13-7-5-12(6-8-13)16-27-17(18(21,22)23,19(24,25)26)15-14-4-2-1-3-11(14)9-10-28(15)16/h1-10,15H. The Morgan fingerprint density at radius 2 is 1.50 bits per heavy atom. The molecule has 2 nitrogen and oxygen atoms in total. The van der Waals surface area contributed by atoms with Crippen molar-refractivity contribution in [1.29, 1.82) is 0 Å². The van der Waals surface area contributed by atoms with Crippen molar-refractivity contribution in [3.05, 3.63) is 76.4 Å². The molecule has 1 unspecified atom stereocenters. The molecule has 4 rings (SSSR count). The van der Waals surface area contributed by atoms with Crippen LogP contribution in [0, 0.1) is 0 Å². The first kappa shape index (κ1) is 18.9. The number of rotatable bonds is 1. The third-order valence-electron chi connectivity index (χ3n) is 4.87. The van der Waals surface area contributed by atoms with E-state index in [2.05, 4.69) is 4.99 Å². The number of hydrogen-bond donors (Lipinski definition) is 0. The van der Waals surface area contributed by atoms with Crippen LogP contribution in [0.4, 0.5) is 26.3 Å². The van der Waals surface area contributed by atoms with Crippen molar-refractivity contribution in [2.75, 3.05) is 0 Å². The third-order valence-corrected chi connectivity index (χ3v) is 5.12. The molecule has 0 aliphatic carbocycles. The highest BCUT2D eigenvalue weighted by Gasteiger charge is 2.79. The van der Waals surface area contributed by atoms with E-state index in [0.717, 1.165) is 4.90 Å². The Morgan fingerprint density at radius 1 is 0.893 bits per heavy atom. The fourth-order valence-corrected chi connectivity index (χ4v) is 3.75. The SMILES string of the molecule is FC(F)(F)C1(C(F)(F)F)N=C(c2ccc(Cl)cc2)N2C=Cc3ccccc3C21. The van der Waals surface area contributed by atoms with Crippen LogP contribution < -0.4 is 0 Å². The Labute approximate surface area is 160 Å². The maximum absolute atomic E-state index is 14.0. The van der Waals surface area contributed by atoms with E-state index in [9.17, 15) is 26.3 Å². The number of benzene rings is 2. The van der Waals surface area contributed by atoms with Gasteiger partial charge in [-0.15, -0.1) is 0 Å². The first-order valence-electron chi connectivity index (χ1n) is 8.11. The molecule has 0 aromatic heterocycles. The molecule has 0 saturated heterocycles. The van der Waals surface area contributed by atoms with Gasteiger partial charge in [0.2, 0.25) is 0 Å². The average Bonchev–Trinajstić information content (AvgIpc) is 2.99. The van der Waals surface area contributed by atoms with Gasteiger partial charge in [-0.25, -0.2) is 4.99 Å². The molecule has 0 N–H and O–H groups in total. The Balaban J connectivity index is 2.02. The quantitative estimate of drug-likeness (QED) is 0.521. The van der Waals surface area contributed by atoms with Gasteiger partial charge in [-0.2, -0.15) is 26.3 Å². The fraction of sp³-hybridized carbons (Fsp3) is 0.211. The molecule has 0 spiro atoms. The van der Waals surface area contributed by atoms with E-state index in [0.29, 0.717) is 5.02 Å². The van der Waals surface area contributed by atoms with E-state index < -0.39 is 29.8 Å². The van der Waals surface area contributed by atoms with Crippen molar-refractivity contribution in [3.8, 4) is 0 Å². The maximum atomic E-state index is 14.0. The van der Waals surface area contributed by atoms with Gasteiger partial charge in [0.25, 0.3) is 5.54 Å². The predicted octanol–water partition coefficient (Wildman–Crippen LogP) is 5.99. The Kier molecular flexibility index (Phi) is 4.05. The van der Waals surface area contributed by atoms with E-state index >= 15 is 0 Å². The van der Waals surface area contributed by atoms with Crippen LogP contribution in [-0.2, 0) is 0 Å². The van der Waals surface area contributed by atoms with E-state index in [1.165, 1.54) is 54.7 Å². The first-order valence-corrected chi connectivity index (χ1v) is 8.49. The van der Waals surface area contributed by atoms with Crippen LogP contribution >= 0.6 is 11.6 Å². The number of halogens is 7. The van der Waals surface area contributed by atoms with Crippen LogP contribution in [0.3, 0.4) is 0 Å². The zero-order chi connectivity index (χ0) is 20.3. The van der Waals surface area contributed by atoms with Crippen LogP contribution in [-0.4, -0.2) is 28.6 Å². The molecule has 2 aliphatic rings. The summed E-state index contributed by atoms with van der Waals surface area (Å²) in [6.07, 6.45) is -8.65. The lowest BCUT2D eigenvalue weighted by atomic mass is 9.81. The number of fused-ring (bicyclic) bond motifs is 3. The van der Waals surface area contributed by atoms with E-state index in [-0.39, 0.29) is 16.7 Å². The van der Waals surface area contributed by atoms with Gasteiger partial charge in [-0.1, -0.05) is 35.9 Å². The van der Waals surface area contributed by atoms with Crippen molar-refractivity contribution >= 4 is 23.5 Å². The highest BCUT2D eigenvalue weighted by molar-refractivity contribution is 6.30. The van der Waals surface area contributed by atoms with Crippen molar-refractivity contribution in [2.24, 2.45) is 4.99 Å². The van der Waals surface area contributed by atoms with Crippen molar-refractivity contribution in [3.63, 3.8) is 0 Å². The van der Waals surface area contributed by atoms with Gasteiger partial charge < -0.3 is 4.90 Å². The molecule has 0 amide bonds. The summed E-state index contributed by atoms with van der Waals surface area (Å²) < 4.78 is 84.2. The number of amidine groups is 1. The van der Waals surface area contributed by atoms with Crippen LogP contribution in [0.2, 0.25) is 5.02 Å². The molecule has 0 saturated carbocycles. The molecule has 0 fully saturated rings. The summed E-state index contributed by atoms with van der Waals surface area (Å²) in [5.74, 6) is -0.415. The van der Waals surface area contributed by atoms with Gasteiger partial charge in [-0.05, 0) is 41.5 Å². The lowest BCUT2D eigenvalue weighted by Gasteiger charge is -2.40. The van der Waals surface area contributed by atoms with Crippen LogP contribution in [0.5, 0.6) is 0 Å². The minimum Gasteiger partial charge on any atom is -0.322 e. The van der Waals surface area contributed by atoms with Gasteiger partial charge in [-0.3, -0.25) is 0 Å². The molecule has 2 aromatic rings. The summed E-state index contributed by atoms with van der Waals surface area (Å²) in [4.78, 5) is 4.24. The Morgan fingerprint density at radius 3 is 2.11 bits per heavy atom. The van der Waals surface area contributed by atoms with Crippen molar-refractivity contribution in [2.45, 2.75) is 23.9 Å². The lowest BCUT2D eigenvalue weighted by Crippen LogP contribution is -2.59. The molecule has 2 aromatic carbocycles. The van der Waals surface area contributed by atoms with Gasteiger partial charge in [0.05, 0.1) is 0 Å².